The molecule has 3 N–H and O–H groups in total. The van der Waals surface area contributed by atoms with Gasteiger partial charge in [0.25, 0.3) is 0 Å². The summed E-state index contributed by atoms with van der Waals surface area (Å²) in [4.78, 5) is 34.6. The number of carbonyl (C=O) groups is 2. The first-order chi connectivity index (χ1) is 20.5. The minimum Gasteiger partial charge on any atom is -0.462 e. The summed E-state index contributed by atoms with van der Waals surface area (Å²) >= 11 is 0. The van der Waals surface area contributed by atoms with E-state index in [4.69, 9.17) is 24.3 Å². The summed E-state index contributed by atoms with van der Waals surface area (Å²) in [5.41, 5.74) is 5.49. The van der Waals surface area contributed by atoms with Crippen molar-refractivity contribution in [1.29, 1.82) is 0 Å². The van der Waals surface area contributed by atoms with Crippen molar-refractivity contribution in [2.75, 3.05) is 54.1 Å². The molecule has 0 saturated heterocycles. The van der Waals surface area contributed by atoms with Crippen molar-refractivity contribution < 1.29 is 42.1 Å². The average Bonchev–Trinajstić information content (AvgIpc) is 2.94. The van der Waals surface area contributed by atoms with Crippen LogP contribution >= 0.6 is 7.82 Å². The minimum absolute atomic E-state index is 0.0249. The molecule has 0 heterocycles. The zero-order chi connectivity index (χ0) is 32.2. The van der Waals surface area contributed by atoms with Crippen LogP contribution in [0.3, 0.4) is 0 Å². The Kier molecular flexibility index (Phi) is 26.6. The number of likely N-dealkylation sites (N-methyl/N-ethyl adjacent to an activating group) is 1. The van der Waals surface area contributed by atoms with Crippen LogP contribution in [0.1, 0.15) is 135 Å². The van der Waals surface area contributed by atoms with Crippen LogP contribution in [0.4, 0.5) is 0 Å². The zero-order valence-corrected chi connectivity index (χ0v) is 28.9. The molecule has 0 aromatic carbocycles. The molecular weight excluding hydrogens is 571 g/mol. The number of phosphoric ester groups is 1. The average molecular weight is 638 g/mol. The lowest BCUT2D eigenvalue weighted by atomic mass is 10.0. The second-order valence-electron chi connectivity index (χ2n) is 12.7. The van der Waals surface area contributed by atoms with Gasteiger partial charge in [-0.15, -0.1) is 0 Å². The van der Waals surface area contributed by atoms with Gasteiger partial charge < -0.3 is 24.6 Å². The lowest BCUT2D eigenvalue weighted by Crippen LogP contribution is -2.37. The Morgan fingerprint density at radius 1 is 0.698 bits per heavy atom. The first-order valence-electron chi connectivity index (χ1n) is 17.0. The number of hydrogen-bond acceptors (Lipinski definition) is 8. The Labute approximate surface area is 262 Å². The van der Waals surface area contributed by atoms with Crippen molar-refractivity contribution in [3.63, 3.8) is 0 Å². The number of rotatable bonds is 31. The molecule has 1 unspecified atom stereocenters. The number of ether oxygens (including phenoxy) is 2. The van der Waals surface area contributed by atoms with Crippen LogP contribution < -0.4 is 5.73 Å². The first kappa shape index (κ1) is 42.0. The van der Waals surface area contributed by atoms with Gasteiger partial charge in [0, 0.05) is 12.8 Å². The highest BCUT2D eigenvalue weighted by Gasteiger charge is 2.27. The summed E-state index contributed by atoms with van der Waals surface area (Å²) in [6.45, 7) is 2.68. The van der Waals surface area contributed by atoms with E-state index < -0.39 is 26.5 Å². The largest absolute Gasteiger partial charge is 0.472 e. The SMILES string of the molecule is CCCCCCCCCCCCCCCCCC(=O)OC[C@H](COP(=O)(O)OCC[N+](C)(C)C)OC(=O)CCCCCN. The molecule has 0 aliphatic carbocycles. The normalized spacial score (nSPS) is 13.9. The summed E-state index contributed by atoms with van der Waals surface area (Å²) in [5.74, 6) is -0.868. The molecule has 0 radical (unpaired) electrons. The molecule has 0 amide bonds. The molecule has 2 atom stereocenters. The van der Waals surface area contributed by atoms with Crippen LogP contribution in [0.25, 0.3) is 0 Å². The summed E-state index contributed by atoms with van der Waals surface area (Å²) in [7, 11) is 1.45. The number of phosphoric acid groups is 1. The molecule has 256 valence electrons. The van der Waals surface area contributed by atoms with E-state index in [0.717, 1.165) is 32.1 Å². The summed E-state index contributed by atoms with van der Waals surface area (Å²) in [6, 6.07) is 0. The van der Waals surface area contributed by atoms with Crippen LogP contribution in [0.5, 0.6) is 0 Å². The highest BCUT2D eigenvalue weighted by atomic mass is 31.2. The van der Waals surface area contributed by atoms with Gasteiger partial charge in [0.1, 0.15) is 19.8 Å². The van der Waals surface area contributed by atoms with Crippen LogP contribution in [-0.2, 0) is 32.7 Å². The summed E-state index contributed by atoms with van der Waals surface area (Å²) < 4.78 is 33.7. The summed E-state index contributed by atoms with van der Waals surface area (Å²) in [5, 5.41) is 0. The smallest absolute Gasteiger partial charge is 0.462 e. The van der Waals surface area contributed by atoms with Gasteiger partial charge in [-0.2, -0.15) is 0 Å². The third kappa shape index (κ3) is 30.8. The van der Waals surface area contributed by atoms with E-state index in [1.165, 1.54) is 77.0 Å². The molecule has 0 fully saturated rings. The standard InChI is InChI=1S/C32H65N2O8P/c1-5-6-7-8-9-10-11-12-13-14-15-16-17-18-20-23-31(35)39-28-30(42-32(36)24-21-19-22-25-33)29-41-43(37,38)40-27-26-34(2,3)4/h30H,5-29,33H2,1-4H3/p+1/t30-/m1/s1. The molecule has 0 rings (SSSR count). The number of unbranched alkanes of at least 4 members (excludes halogenated alkanes) is 16. The van der Waals surface area contributed by atoms with Crippen molar-refractivity contribution in [3.05, 3.63) is 0 Å². The van der Waals surface area contributed by atoms with Gasteiger partial charge >= 0.3 is 19.8 Å². The van der Waals surface area contributed by atoms with Crippen LogP contribution in [0.2, 0.25) is 0 Å². The molecule has 43 heavy (non-hydrogen) atoms. The van der Waals surface area contributed by atoms with Crippen molar-refractivity contribution in [2.24, 2.45) is 5.73 Å². The molecule has 0 aliphatic heterocycles. The highest BCUT2D eigenvalue weighted by Crippen LogP contribution is 2.43. The molecule has 10 nitrogen and oxygen atoms in total. The van der Waals surface area contributed by atoms with E-state index in [0.29, 0.717) is 24.0 Å². The monoisotopic (exact) mass is 637 g/mol. The quantitative estimate of drug-likeness (QED) is 0.0354. The lowest BCUT2D eigenvalue weighted by molar-refractivity contribution is -0.870. The zero-order valence-electron chi connectivity index (χ0n) is 28.0. The molecule has 0 bridgehead atoms. The predicted molar refractivity (Wildman–Crippen MR) is 173 cm³/mol. The number of carbonyl (C=O) groups excluding carboxylic acids is 2. The Morgan fingerprint density at radius 2 is 1.16 bits per heavy atom. The molecule has 0 aromatic rings. The Bertz CT molecular complexity index is 733. The summed E-state index contributed by atoms with van der Waals surface area (Å²) in [6.07, 6.45) is 20.4. The fraction of sp³-hybridized carbons (Fsp3) is 0.938. The maximum Gasteiger partial charge on any atom is 0.472 e. The minimum atomic E-state index is -4.36. The van der Waals surface area contributed by atoms with Crippen LogP contribution in [0, 0.1) is 0 Å². The van der Waals surface area contributed by atoms with E-state index in [2.05, 4.69) is 6.92 Å². The molecule has 0 aliphatic rings. The van der Waals surface area contributed by atoms with Gasteiger partial charge in [0.15, 0.2) is 6.10 Å². The van der Waals surface area contributed by atoms with Crippen molar-refractivity contribution in [3.8, 4) is 0 Å². The third-order valence-electron chi connectivity index (χ3n) is 7.24. The lowest BCUT2D eigenvalue weighted by Gasteiger charge is -2.24. The molecule has 11 heteroatoms. The fourth-order valence-corrected chi connectivity index (χ4v) is 5.24. The van der Waals surface area contributed by atoms with E-state index >= 15 is 0 Å². The maximum atomic E-state index is 12.3. The van der Waals surface area contributed by atoms with E-state index in [1.807, 2.05) is 21.1 Å². The van der Waals surface area contributed by atoms with Gasteiger partial charge in [-0.1, -0.05) is 103 Å². The topological polar surface area (TPSA) is 134 Å². The number of nitrogens with two attached hydrogens (primary N) is 1. The molecule has 0 aromatic heterocycles. The van der Waals surface area contributed by atoms with E-state index in [9.17, 15) is 19.0 Å². The van der Waals surface area contributed by atoms with Crippen molar-refractivity contribution in [1.82, 2.24) is 0 Å². The van der Waals surface area contributed by atoms with Crippen molar-refractivity contribution >= 4 is 19.8 Å². The number of quaternary nitrogens is 1. The Morgan fingerprint density at radius 3 is 1.65 bits per heavy atom. The molecule has 0 spiro atoms. The number of hydrogen-bond donors (Lipinski definition) is 2. The maximum absolute atomic E-state index is 12.3. The van der Waals surface area contributed by atoms with E-state index in [-0.39, 0.29) is 32.0 Å². The fourth-order valence-electron chi connectivity index (χ4n) is 4.49. The van der Waals surface area contributed by atoms with Gasteiger partial charge in [-0.05, 0) is 25.8 Å². The third-order valence-corrected chi connectivity index (χ3v) is 8.22. The van der Waals surface area contributed by atoms with Crippen molar-refractivity contribution in [2.45, 2.75) is 141 Å². The number of nitrogens with zero attached hydrogens (tertiary/aromatic N) is 1. The highest BCUT2D eigenvalue weighted by molar-refractivity contribution is 7.47. The number of esters is 2. The van der Waals surface area contributed by atoms with Gasteiger partial charge in [-0.3, -0.25) is 18.6 Å². The van der Waals surface area contributed by atoms with E-state index in [1.54, 1.807) is 0 Å². The van der Waals surface area contributed by atoms with Crippen LogP contribution in [-0.4, -0.2) is 81.5 Å². The first-order valence-corrected chi connectivity index (χ1v) is 18.5. The molecular formula is C32H66N2O8P+. The van der Waals surface area contributed by atoms with Gasteiger partial charge in [0.05, 0.1) is 27.7 Å². The predicted octanol–water partition coefficient (Wildman–Crippen LogP) is 7.06. The van der Waals surface area contributed by atoms with Crippen LogP contribution in [0.15, 0.2) is 0 Å². The van der Waals surface area contributed by atoms with Gasteiger partial charge in [0.2, 0.25) is 0 Å². The Hall–Kier alpha value is -1.03. The van der Waals surface area contributed by atoms with Gasteiger partial charge in [-0.25, -0.2) is 4.57 Å². The second-order valence-corrected chi connectivity index (χ2v) is 14.2. The molecule has 0 saturated carbocycles. The Balaban J connectivity index is 4.22. The second kappa shape index (κ2) is 27.3.